The summed E-state index contributed by atoms with van der Waals surface area (Å²) in [5.74, 6) is 0. The Hall–Kier alpha value is -10.7. The number of hydrogen-bond acceptors (Lipinski definition) is 1. The Bertz CT molecular complexity index is 4970. The molecular formula is C76H50N4. The molecule has 0 aliphatic carbocycles. The Morgan fingerprint density at radius 1 is 0.200 bits per heavy atom. The van der Waals surface area contributed by atoms with Crippen molar-refractivity contribution in [2.24, 2.45) is 0 Å². The zero-order valence-electron chi connectivity index (χ0n) is 43.7. The molecule has 16 rings (SSSR count). The maximum atomic E-state index is 2.43. The smallest absolute Gasteiger partial charge is 0.0547 e. The lowest BCUT2D eigenvalue weighted by atomic mass is 9.95. The van der Waals surface area contributed by atoms with E-state index in [2.05, 4.69) is 322 Å². The maximum Gasteiger partial charge on any atom is 0.0547 e. The van der Waals surface area contributed by atoms with Gasteiger partial charge in [-0.3, -0.25) is 0 Å². The molecule has 3 heterocycles. The SMILES string of the molecule is c1ccc(-n2c3ccccc3c3ccc(-c4ccc(N(c5ccc(-c6ccc(-n7c8ccccc8c8ccccc87)cc6)cc5)c5ccc(-c6ccc7c8ccccc8n(-c8ccccc8)c7c6)c6ccccc56)cc4)cc32)cc1. The van der Waals surface area contributed by atoms with Crippen LogP contribution in [-0.2, 0) is 0 Å². The van der Waals surface area contributed by atoms with Gasteiger partial charge in [-0.2, -0.15) is 0 Å². The number of nitrogens with zero attached hydrogens (tertiary/aromatic N) is 4. The summed E-state index contributed by atoms with van der Waals surface area (Å²) < 4.78 is 7.17. The number of rotatable bonds is 9. The summed E-state index contributed by atoms with van der Waals surface area (Å²) in [7, 11) is 0. The Kier molecular flexibility index (Phi) is 10.5. The number of hydrogen-bond donors (Lipinski definition) is 0. The summed E-state index contributed by atoms with van der Waals surface area (Å²) in [6, 6.07) is 111. The lowest BCUT2D eigenvalue weighted by Crippen LogP contribution is -2.10. The van der Waals surface area contributed by atoms with Crippen molar-refractivity contribution in [2.45, 2.75) is 0 Å². The molecule has 0 aliphatic rings. The van der Waals surface area contributed by atoms with Crippen LogP contribution >= 0.6 is 0 Å². The van der Waals surface area contributed by atoms with E-state index in [0.29, 0.717) is 0 Å². The minimum Gasteiger partial charge on any atom is -0.310 e. The van der Waals surface area contributed by atoms with Gasteiger partial charge < -0.3 is 18.6 Å². The normalized spacial score (nSPS) is 11.8. The molecule has 374 valence electrons. The fraction of sp³-hybridized carbons (Fsp3) is 0. The van der Waals surface area contributed by atoms with Crippen LogP contribution in [0.4, 0.5) is 17.1 Å². The quantitative estimate of drug-likeness (QED) is 0.141. The zero-order valence-corrected chi connectivity index (χ0v) is 43.7. The minimum absolute atomic E-state index is 1.07. The first-order chi connectivity index (χ1) is 39.7. The molecule has 0 saturated carbocycles. The molecule has 0 atom stereocenters. The van der Waals surface area contributed by atoms with Gasteiger partial charge in [0.25, 0.3) is 0 Å². The summed E-state index contributed by atoms with van der Waals surface area (Å²) in [4.78, 5) is 2.43. The minimum atomic E-state index is 1.07. The average Bonchev–Trinajstić information content (AvgIpc) is 4.18. The van der Waals surface area contributed by atoms with Gasteiger partial charge in [0.2, 0.25) is 0 Å². The van der Waals surface area contributed by atoms with Gasteiger partial charge in [0.1, 0.15) is 0 Å². The first-order valence-electron chi connectivity index (χ1n) is 27.5. The van der Waals surface area contributed by atoms with Crippen LogP contribution in [0, 0.1) is 0 Å². The van der Waals surface area contributed by atoms with Gasteiger partial charge in [-0.15, -0.1) is 0 Å². The van der Waals surface area contributed by atoms with Crippen molar-refractivity contribution < 1.29 is 0 Å². The molecule has 3 aromatic heterocycles. The highest BCUT2D eigenvalue weighted by Crippen LogP contribution is 2.45. The van der Waals surface area contributed by atoms with Crippen molar-refractivity contribution in [3.8, 4) is 50.4 Å². The highest BCUT2D eigenvalue weighted by Gasteiger charge is 2.21. The van der Waals surface area contributed by atoms with Crippen molar-refractivity contribution >= 4 is 93.3 Å². The predicted octanol–water partition coefficient (Wildman–Crippen LogP) is 20.6. The van der Waals surface area contributed by atoms with Gasteiger partial charge >= 0.3 is 0 Å². The molecule has 0 radical (unpaired) electrons. The van der Waals surface area contributed by atoms with E-state index in [-0.39, 0.29) is 0 Å². The Morgan fingerprint density at radius 2 is 0.525 bits per heavy atom. The molecule has 0 saturated heterocycles. The zero-order chi connectivity index (χ0) is 52.7. The topological polar surface area (TPSA) is 18.0 Å². The molecule has 0 fully saturated rings. The third-order valence-electron chi connectivity index (χ3n) is 16.5. The highest BCUT2D eigenvalue weighted by molar-refractivity contribution is 6.13. The van der Waals surface area contributed by atoms with E-state index in [4.69, 9.17) is 0 Å². The van der Waals surface area contributed by atoms with Crippen LogP contribution in [0.2, 0.25) is 0 Å². The second kappa shape index (κ2) is 18.5. The van der Waals surface area contributed by atoms with Gasteiger partial charge in [0, 0.05) is 66.1 Å². The van der Waals surface area contributed by atoms with Crippen LogP contribution in [-0.4, -0.2) is 13.7 Å². The summed E-state index contributed by atoms with van der Waals surface area (Å²) in [5.41, 5.74) is 20.9. The van der Waals surface area contributed by atoms with Crippen molar-refractivity contribution in [3.63, 3.8) is 0 Å². The van der Waals surface area contributed by atoms with Crippen molar-refractivity contribution in [1.82, 2.24) is 13.7 Å². The lowest BCUT2D eigenvalue weighted by molar-refractivity contribution is 1.18. The fourth-order valence-electron chi connectivity index (χ4n) is 12.8. The van der Waals surface area contributed by atoms with Gasteiger partial charge in [-0.05, 0) is 142 Å². The number of fused-ring (bicyclic) bond motifs is 10. The van der Waals surface area contributed by atoms with Crippen molar-refractivity contribution in [3.05, 3.63) is 303 Å². The van der Waals surface area contributed by atoms with E-state index in [1.807, 2.05) is 0 Å². The van der Waals surface area contributed by atoms with E-state index in [1.165, 1.54) is 98.4 Å². The standard InChI is InChI=1S/C76H50N4/c1-3-17-56(18-4-1)79-72-29-15-11-25-66(72)68-45-37-54(49-75(68)79)53-35-41-59(42-36-53)77(58-39-31-51(32-40-58)52-33-43-60(44-34-52)78-70-27-13-9-23-64(70)65-24-10-14-28-71(65)78)74-48-47-61(62-21-7-8-22-63(62)74)55-38-46-69-67-26-12-16-30-73(67)80(76(69)50-55)57-19-5-2-6-20-57/h1-50H. The van der Waals surface area contributed by atoms with Crippen LogP contribution in [0.5, 0.6) is 0 Å². The summed E-state index contributed by atoms with van der Waals surface area (Å²) in [6.07, 6.45) is 0. The van der Waals surface area contributed by atoms with E-state index < -0.39 is 0 Å². The molecule has 0 N–H and O–H groups in total. The van der Waals surface area contributed by atoms with E-state index in [0.717, 1.165) is 45.3 Å². The predicted molar refractivity (Wildman–Crippen MR) is 338 cm³/mol. The highest BCUT2D eigenvalue weighted by atomic mass is 15.1. The Labute approximate surface area is 463 Å². The van der Waals surface area contributed by atoms with Gasteiger partial charge in [0.05, 0.1) is 38.8 Å². The van der Waals surface area contributed by atoms with Crippen LogP contribution < -0.4 is 4.90 Å². The van der Waals surface area contributed by atoms with Crippen molar-refractivity contribution in [2.75, 3.05) is 4.90 Å². The second-order valence-electron chi connectivity index (χ2n) is 20.9. The molecule has 13 aromatic carbocycles. The van der Waals surface area contributed by atoms with E-state index in [9.17, 15) is 0 Å². The van der Waals surface area contributed by atoms with Gasteiger partial charge in [-0.1, -0.05) is 200 Å². The van der Waals surface area contributed by atoms with Gasteiger partial charge in [-0.25, -0.2) is 0 Å². The third kappa shape index (κ3) is 7.31. The van der Waals surface area contributed by atoms with E-state index in [1.54, 1.807) is 0 Å². The molecule has 0 spiro atoms. The largest absolute Gasteiger partial charge is 0.310 e. The lowest BCUT2D eigenvalue weighted by Gasteiger charge is -2.28. The fourth-order valence-corrected chi connectivity index (χ4v) is 12.8. The molecule has 0 aliphatic heterocycles. The number of aromatic nitrogens is 3. The van der Waals surface area contributed by atoms with Gasteiger partial charge in [0.15, 0.2) is 0 Å². The molecule has 80 heavy (non-hydrogen) atoms. The summed E-state index contributed by atoms with van der Waals surface area (Å²) in [6.45, 7) is 0. The summed E-state index contributed by atoms with van der Waals surface area (Å²) in [5, 5.41) is 9.87. The molecular weight excluding hydrogens is 969 g/mol. The van der Waals surface area contributed by atoms with Crippen molar-refractivity contribution in [1.29, 1.82) is 0 Å². The number of anilines is 3. The molecule has 0 bridgehead atoms. The molecule has 16 aromatic rings. The molecule has 4 nitrogen and oxygen atoms in total. The Morgan fingerprint density at radius 3 is 1.00 bits per heavy atom. The van der Waals surface area contributed by atoms with Crippen LogP contribution in [0.3, 0.4) is 0 Å². The molecule has 0 unspecified atom stereocenters. The van der Waals surface area contributed by atoms with Crippen LogP contribution in [0.1, 0.15) is 0 Å². The summed E-state index contributed by atoms with van der Waals surface area (Å²) >= 11 is 0. The number of benzene rings is 13. The Balaban J connectivity index is 0.815. The first-order valence-corrected chi connectivity index (χ1v) is 27.5. The third-order valence-corrected chi connectivity index (χ3v) is 16.5. The first kappa shape index (κ1) is 45.5. The second-order valence-corrected chi connectivity index (χ2v) is 20.9. The maximum absolute atomic E-state index is 2.43. The van der Waals surface area contributed by atoms with Crippen LogP contribution in [0.15, 0.2) is 303 Å². The molecule has 4 heteroatoms. The van der Waals surface area contributed by atoms with E-state index >= 15 is 0 Å². The average molecular weight is 1020 g/mol. The van der Waals surface area contributed by atoms with Crippen LogP contribution in [0.25, 0.3) is 127 Å². The molecule has 0 amide bonds. The number of para-hydroxylation sites is 6. The monoisotopic (exact) mass is 1020 g/mol.